The van der Waals surface area contributed by atoms with Gasteiger partial charge in [0.05, 0.1) is 13.2 Å². The van der Waals surface area contributed by atoms with Crippen LogP contribution in [0.1, 0.15) is 54.9 Å². The van der Waals surface area contributed by atoms with Crippen LogP contribution < -0.4 is 0 Å². The first-order valence-electron chi connectivity index (χ1n) is 8.39. The monoisotopic (exact) mass is 355 g/mol. The second-order valence-corrected chi connectivity index (χ2v) is 6.68. The van der Waals surface area contributed by atoms with Gasteiger partial charge in [0.25, 0.3) is 0 Å². The third-order valence-corrected chi connectivity index (χ3v) is 2.68. The normalized spacial score (nSPS) is 11.8. The van der Waals surface area contributed by atoms with Crippen molar-refractivity contribution in [3.05, 3.63) is 0 Å². The molecule has 0 aromatic heterocycles. The van der Waals surface area contributed by atoms with E-state index in [1.54, 1.807) is 34.6 Å². The molecule has 0 aliphatic rings. The Morgan fingerprint density at radius 2 is 1.56 bits per heavy atom. The first-order valence-corrected chi connectivity index (χ1v) is 8.39. The van der Waals surface area contributed by atoms with Crippen LogP contribution in [0.15, 0.2) is 0 Å². The van der Waals surface area contributed by atoms with Crippen molar-refractivity contribution in [3.8, 4) is 11.8 Å². The van der Waals surface area contributed by atoms with Crippen molar-refractivity contribution in [2.75, 3.05) is 13.2 Å². The lowest BCUT2D eigenvalue weighted by Gasteiger charge is -2.29. The molecule has 0 radical (unpaired) electrons. The van der Waals surface area contributed by atoms with E-state index in [1.807, 2.05) is 13.8 Å². The minimum Gasteiger partial charge on any atom is -0.456 e. The Balaban J connectivity index is 5.69. The summed E-state index contributed by atoms with van der Waals surface area (Å²) < 4.78 is 15.0. The number of hydrogen-bond donors (Lipinski definition) is 0. The molecule has 0 aromatic rings. The Hall–Kier alpha value is -2.23. The van der Waals surface area contributed by atoms with Gasteiger partial charge in [0.2, 0.25) is 0 Å². The Bertz CT molecular complexity index is 524. The SMILES string of the molecule is CCOC(=O)C#CC(CC(C)C)N(C(=O)OCC)C(=O)OC(C)(C)C. The lowest BCUT2D eigenvalue weighted by atomic mass is 10.0. The highest BCUT2D eigenvalue weighted by atomic mass is 16.6. The molecule has 1 atom stereocenters. The summed E-state index contributed by atoms with van der Waals surface area (Å²) in [5.74, 6) is 4.35. The van der Waals surface area contributed by atoms with Crippen molar-refractivity contribution in [3.63, 3.8) is 0 Å². The van der Waals surface area contributed by atoms with Crippen molar-refractivity contribution in [1.29, 1.82) is 0 Å². The zero-order chi connectivity index (χ0) is 19.6. The Kier molecular flexibility index (Phi) is 9.65. The number of esters is 1. The molecule has 0 saturated heterocycles. The number of carbonyl (C=O) groups excluding carboxylic acids is 3. The molecule has 1 unspecified atom stereocenters. The molecule has 2 amide bonds. The van der Waals surface area contributed by atoms with Gasteiger partial charge in [0, 0.05) is 5.92 Å². The molecule has 0 rings (SSSR count). The first-order chi connectivity index (χ1) is 11.5. The number of nitrogens with zero attached hydrogens (tertiary/aromatic N) is 1. The second kappa shape index (κ2) is 10.6. The summed E-state index contributed by atoms with van der Waals surface area (Å²) in [7, 11) is 0. The third-order valence-electron chi connectivity index (χ3n) is 2.68. The van der Waals surface area contributed by atoms with E-state index in [2.05, 4.69) is 11.8 Å². The van der Waals surface area contributed by atoms with E-state index in [4.69, 9.17) is 14.2 Å². The zero-order valence-corrected chi connectivity index (χ0v) is 16.2. The fraction of sp³-hybridized carbons (Fsp3) is 0.722. The van der Waals surface area contributed by atoms with Crippen molar-refractivity contribution in [2.24, 2.45) is 5.92 Å². The average molecular weight is 355 g/mol. The van der Waals surface area contributed by atoms with Crippen LogP contribution in [0.2, 0.25) is 0 Å². The predicted molar refractivity (Wildman–Crippen MR) is 92.7 cm³/mol. The third kappa shape index (κ3) is 9.60. The van der Waals surface area contributed by atoms with E-state index in [0.717, 1.165) is 4.90 Å². The Labute approximate surface area is 150 Å². The van der Waals surface area contributed by atoms with Crippen LogP contribution in [0.5, 0.6) is 0 Å². The summed E-state index contributed by atoms with van der Waals surface area (Å²) in [6.45, 7) is 12.5. The summed E-state index contributed by atoms with van der Waals surface area (Å²) in [6, 6.07) is -0.863. The van der Waals surface area contributed by atoms with Crippen LogP contribution in [0, 0.1) is 17.8 Å². The molecule has 7 nitrogen and oxygen atoms in total. The molecule has 0 N–H and O–H groups in total. The number of amides is 2. The maximum atomic E-state index is 12.5. The summed E-state index contributed by atoms with van der Waals surface area (Å²) in [6.07, 6.45) is -1.36. The number of rotatable bonds is 5. The van der Waals surface area contributed by atoms with Crippen LogP contribution in [0.4, 0.5) is 9.59 Å². The molecular formula is C18H29NO6. The second-order valence-electron chi connectivity index (χ2n) is 6.68. The fourth-order valence-electron chi connectivity index (χ4n) is 1.82. The van der Waals surface area contributed by atoms with Crippen LogP contribution in [0.25, 0.3) is 0 Å². The lowest BCUT2D eigenvalue weighted by molar-refractivity contribution is -0.136. The molecule has 0 aliphatic heterocycles. The van der Waals surface area contributed by atoms with E-state index in [-0.39, 0.29) is 19.1 Å². The quantitative estimate of drug-likeness (QED) is 0.325. The van der Waals surface area contributed by atoms with E-state index in [1.165, 1.54) is 0 Å². The minimum atomic E-state index is -0.866. The average Bonchev–Trinajstić information content (AvgIpc) is 2.43. The first kappa shape index (κ1) is 22.8. The Morgan fingerprint density at radius 3 is 2.00 bits per heavy atom. The van der Waals surface area contributed by atoms with Crippen molar-refractivity contribution < 1.29 is 28.6 Å². The van der Waals surface area contributed by atoms with E-state index in [0.29, 0.717) is 6.42 Å². The highest BCUT2D eigenvalue weighted by Gasteiger charge is 2.34. The van der Waals surface area contributed by atoms with E-state index < -0.39 is 29.8 Å². The van der Waals surface area contributed by atoms with Crippen molar-refractivity contribution >= 4 is 18.2 Å². The van der Waals surface area contributed by atoms with Gasteiger partial charge in [0.15, 0.2) is 0 Å². The molecule has 0 bridgehead atoms. The van der Waals surface area contributed by atoms with Gasteiger partial charge < -0.3 is 14.2 Å². The minimum absolute atomic E-state index is 0.0951. The molecule has 0 aliphatic carbocycles. The molecular weight excluding hydrogens is 326 g/mol. The lowest BCUT2D eigenvalue weighted by Crippen LogP contribution is -2.47. The summed E-state index contributed by atoms with van der Waals surface area (Å²) >= 11 is 0. The number of ether oxygens (including phenoxy) is 3. The molecule has 142 valence electrons. The maximum Gasteiger partial charge on any atom is 0.420 e. The van der Waals surface area contributed by atoms with Crippen LogP contribution in [0.3, 0.4) is 0 Å². The van der Waals surface area contributed by atoms with Crippen molar-refractivity contribution in [1.82, 2.24) is 4.90 Å². The van der Waals surface area contributed by atoms with E-state index >= 15 is 0 Å². The number of imide groups is 1. The van der Waals surface area contributed by atoms with Crippen molar-refractivity contribution in [2.45, 2.75) is 66.5 Å². The fourth-order valence-corrected chi connectivity index (χ4v) is 1.82. The van der Waals surface area contributed by atoms with Gasteiger partial charge in [-0.1, -0.05) is 19.8 Å². The highest BCUT2D eigenvalue weighted by molar-refractivity contribution is 5.91. The molecule has 0 aromatic carbocycles. The predicted octanol–water partition coefficient (Wildman–Crippen LogP) is 3.36. The Morgan fingerprint density at radius 1 is 1.00 bits per heavy atom. The maximum absolute atomic E-state index is 12.5. The van der Waals surface area contributed by atoms with Gasteiger partial charge in [-0.3, -0.25) is 0 Å². The summed E-state index contributed by atoms with van der Waals surface area (Å²) in [4.78, 5) is 37.1. The summed E-state index contributed by atoms with van der Waals surface area (Å²) in [5, 5.41) is 0. The van der Waals surface area contributed by atoms with E-state index in [9.17, 15) is 14.4 Å². The topological polar surface area (TPSA) is 82.1 Å². The summed E-state index contributed by atoms with van der Waals surface area (Å²) in [5.41, 5.74) is -0.793. The number of hydrogen-bond acceptors (Lipinski definition) is 6. The zero-order valence-electron chi connectivity index (χ0n) is 16.2. The molecule has 0 saturated carbocycles. The van der Waals surface area contributed by atoms with Gasteiger partial charge in [-0.25, -0.2) is 14.4 Å². The number of carbonyl (C=O) groups is 3. The van der Waals surface area contributed by atoms with Crippen LogP contribution >= 0.6 is 0 Å². The molecule has 25 heavy (non-hydrogen) atoms. The molecule has 0 spiro atoms. The van der Waals surface area contributed by atoms with Gasteiger partial charge in [-0.2, -0.15) is 4.90 Å². The molecule has 7 heteroatoms. The van der Waals surface area contributed by atoms with Crippen LogP contribution in [-0.2, 0) is 19.0 Å². The highest BCUT2D eigenvalue weighted by Crippen LogP contribution is 2.17. The van der Waals surface area contributed by atoms with Gasteiger partial charge in [-0.15, -0.1) is 0 Å². The smallest absolute Gasteiger partial charge is 0.420 e. The van der Waals surface area contributed by atoms with Gasteiger partial charge in [0.1, 0.15) is 11.6 Å². The molecule has 0 fully saturated rings. The van der Waals surface area contributed by atoms with Gasteiger partial charge in [-0.05, 0) is 47.0 Å². The standard InChI is InChI=1S/C18H29NO6/c1-8-23-15(20)11-10-14(12-13(3)4)19(16(21)24-9-2)17(22)25-18(5,6)7/h13-14H,8-9,12H2,1-7H3. The molecule has 0 heterocycles. The largest absolute Gasteiger partial charge is 0.456 e. The van der Waals surface area contributed by atoms with Gasteiger partial charge >= 0.3 is 18.2 Å². The van der Waals surface area contributed by atoms with Crippen LogP contribution in [-0.4, -0.2) is 47.9 Å².